The van der Waals surface area contributed by atoms with Crippen LogP contribution in [-0.2, 0) is 24.1 Å². The zero-order valence-corrected chi connectivity index (χ0v) is 16.4. The lowest BCUT2D eigenvalue weighted by Crippen LogP contribution is -2.14. The van der Waals surface area contributed by atoms with Gasteiger partial charge in [0.1, 0.15) is 5.01 Å². The molecule has 0 aliphatic heterocycles. The third-order valence-corrected chi connectivity index (χ3v) is 4.99. The van der Waals surface area contributed by atoms with Crippen LogP contribution < -0.4 is 5.32 Å². The van der Waals surface area contributed by atoms with Crippen molar-refractivity contribution in [2.75, 3.05) is 5.32 Å². The summed E-state index contributed by atoms with van der Waals surface area (Å²) in [5, 5.41) is 20.8. The van der Waals surface area contributed by atoms with Gasteiger partial charge in [0, 0.05) is 6.42 Å². The van der Waals surface area contributed by atoms with E-state index in [1.54, 1.807) is 0 Å². The zero-order valence-electron chi connectivity index (χ0n) is 15.6. The summed E-state index contributed by atoms with van der Waals surface area (Å²) in [6.07, 6.45) is 4.12. The molecule has 0 aliphatic rings. The van der Waals surface area contributed by atoms with Crippen molar-refractivity contribution in [1.29, 1.82) is 0 Å². The first kappa shape index (κ1) is 19.1. The van der Waals surface area contributed by atoms with E-state index in [9.17, 15) is 4.79 Å². The number of unbranched alkanes of at least 4 members (excludes halogenated alkanes) is 1. The van der Waals surface area contributed by atoms with E-state index in [-0.39, 0.29) is 5.91 Å². The number of amides is 1. The van der Waals surface area contributed by atoms with E-state index in [1.165, 1.54) is 11.3 Å². The number of hydrogen-bond donors (Lipinski definition) is 1. The maximum atomic E-state index is 12.2. The highest BCUT2D eigenvalue weighted by atomic mass is 32.1. The average molecular weight is 382 g/mol. The van der Waals surface area contributed by atoms with Gasteiger partial charge in [-0.15, -0.1) is 10.2 Å². The number of rotatable bonds is 8. The molecule has 3 aromatic rings. The van der Waals surface area contributed by atoms with Crippen molar-refractivity contribution >= 4 is 22.4 Å². The summed E-state index contributed by atoms with van der Waals surface area (Å²) in [5.74, 6) is -0.0683. The number of hydrogen-bond acceptors (Lipinski definition) is 6. The van der Waals surface area contributed by atoms with Gasteiger partial charge in [-0.25, -0.2) is 0 Å². The summed E-state index contributed by atoms with van der Waals surface area (Å²) < 4.78 is 0. The fourth-order valence-electron chi connectivity index (χ4n) is 2.72. The lowest BCUT2D eigenvalue weighted by Gasteiger charge is -2.02. The van der Waals surface area contributed by atoms with E-state index in [1.807, 2.05) is 50.2 Å². The molecule has 2 heterocycles. The van der Waals surface area contributed by atoms with Gasteiger partial charge >= 0.3 is 0 Å². The maximum Gasteiger partial charge on any atom is 0.230 e. The van der Waals surface area contributed by atoms with Gasteiger partial charge in [0.25, 0.3) is 0 Å². The second kappa shape index (κ2) is 9.32. The number of benzene rings is 1. The van der Waals surface area contributed by atoms with Gasteiger partial charge in [0.15, 0.2) is 0 Å². The summed E-state index contributed by atoms with van der Waals surface area (Å²) in [6, 6.07) is 12.0. The van der Waals surface area contributed by atoms with Gasteiger partial charge in [0.05, 0.1) is 17.8 Å². The van der Waals surface area contributed by atoms with Crippen LogP contribution in [0.5, 0.6) is 0 Å². The molecule has 0 unspecified atom stereocenters. The molecule has 1 amide bonds. The number of carbonyl (C=O) groups is 1. The van der Waals surface area contributed by atoms with Gasteiger partial charge in [0.2, 0.25) is 11.0 Å². The second-order valence-electron chi connectivity index (χ2n) is 6.59. The summed E-state index contributed by atoms with van der Waals surface area (Å²) in [4.78, 5) is 12.2. The minimum absolute atomic E-state index is 0.0683. The third-order valence-electron chi connectivity index (χ3n) is 4.09. The molecule has 0 radical (unpaired) electrons. The molecule has 1 aromatic carbocycles. The van der Waals surface area contributed by atoms with Crippen LogP contribution >= 0.6 is 11.3 Å². The molecular formula is C20H23N5OS. The van der Waals surface area contributed by atoms with E-state index in [0.29, 0.717) is 11.6 Å². The smallest absolute Gasteiger partial charge is 0.230 e. The van der Waals surface area contributed by atoms with Crippen LogP contribution in [0.25, 0.3) is 0 Å². The van der Waals surface area contributed by atoms with Crippen LogP contribution in [-0.4, -0.2) is 26.3 Å². The van der Waals surface area contributed by atoms with E-state index < -0.39 is 0 Å². The molecule has 27 heavy (non-hydrogen) atoms. The van der Waals surface area contributed by atoms with Gasteiger partial charge < -0.3 is 5.32 Å². The molecule has 0 aliphatic carbocycles. The van der Waals surface area contributed by atoms with Crippen molar-refractivity contribution in [3.63, 3.8) is 0 Å². The number of aromatic nitrogens is 4. The summed E-state index contributed by atoms with van der Waals surface area (Å²) in [6.45, 7) is 3.95. The van der Waals surface area contributed by atoms with Crippen molar-refractivity contribution in [3.05, 3.63) is 63.9 Å². The molecule has 6 nitrogen and oxygen atoms in total. The quantitative estimate of drug-likeness (QED) is 0.602. The van der Waals surface area contributed by atoms with Gasteiger partial charge in [-0.1, -0.05) is 41.2 Å². The van der Waals surface area contributed by atoms with Gasteiger partial charge in [-0.2, -0.15) is 10.2 Å². The first-order chi connectivity index (χ1) is 13.1. The Bertz CT molecular complexity index is 891. The van der Waals surface area contributed by atoms with E-state index in [2.05, 4.69) is 25.7 Å². The van der Waals surface area contributed by atoms with Crippen LogP contribution in [0, 0.1) is 13.8 Å². The van der Waals surface area contributed by atoms with Crippen molar-refractivity contribution in [1.82, 2.24) is 20.4 Å². The van der Waals surface area contributed by atoms with Crippen LogP contribution in [0.2, 0.25) is 0 Å². The number of anilines is 1. The Kier molecular flexibility index (Phi) is 6.59. The minimum Gasteiger partial charge on any atom is -0.300 e. The first-order valence-electron chi connectivity index (χ1n) is 9.05. The standard InChI is InChI=1S/C20H23N5OS/c1-14-6-5-7-16(12-14)13-18(26)21-20-25-24-19(27-20)9-4-3-8-17-11-10-15(2)22-23-17/h5-7,10-12H,3-4,8-9,13H2,1-2H3,(H,21,25,26). The number of carbonyl (C=O) groups excluding carboxylic acids is 1. The highest BCUT2D eigenvalue weighted by Gasteiger charge is 2.09. The SMILES string of the molecule is Cc1cccc(CC(=O)Nc2nnc(CCCCc3ccc(C)nn3)s2)c1. The topological polar surface area (TPSA) is 80.7 Å². The molecule has 0 atom stereocenters. The van der Waals surface area contributed by atoms with Crippen LogP contribution in [0.3, 0.4) is 0 Å². The van der Waals surface area contributed by atoms with Gasteiger partial charge in [-0.05, 0) is 50.8 Å². The molecule has 3 rings (SSSR count). The molecule has 140 valence electrons. The van der Waals surface area contributed by atoms with Gasteiger partial charge in [-0.3, -0.25) is 4.79 Å². The highest BCUT2D eigenvalue weighted by molar-refractivity contribution is 7.15. The molecule has 0 saturated heterocycles. The minimum atomic E-state index is -0.0683. The number of nitrogens with zero attached hydrogens (tertiary/aromatic N) is 4. The predicted octanol–water partition coefficient (Wildman–Crippen LogP) is 3.69. The Morgan fingerprint density at radius 1 is 1.00 bits per heavy atom. The van der Waals surface area contributed by atoms with Crippen LogP contribution in [0.15, 0.2) is 36.4 Å². The highest BCUT2D eigenvalue weighted by Crippen LogP contribution is 2.18. The van der Waals surface area contributed by atoms with Crippen molar-refractivity contribution in [3.8, 4) is 0 Å². The van der Waals surface area contributed by atoms with Crippen molar-refractivity contribution < 1.29 is 4.79 Å². The molecule has 0 bridgehead atoms. The Morgan fingerprint density at radius 2 is 1.85 bits per heavy atom. The largest absolute Gasteiger partial charge is 0.300 e. The fourth-order valence-corrected chi connectivity index (χ4v) is 3.52. The Balaban J connectivity index is 1.41. The lowest BCUT2D eigenvalue weighted by molar-refractivity contribution is -0.115. The molecule has 2 aromatic heterocycles. The third kappa shape index (κ3) is 6.21. The van der Waals surface area contributed by atoms with Crippen LogP contribution in [0.4, 0.5) is 5.13 Å². The Hall–Kier alpha value is -2.67. The molecule has 1 N–H and O–H groups in total. The molecule has 0 spiro atoms. The molecule has 0 fully saturated rings. The average Bonchev–Trinajstić information content (AvgIpc) is 3.07. The summed E-state index contributed by atoms with van der Waals surface area (Å²) in [5.41, 5.74) is 4.10. The van der Waals surface area contributed by atoms with E-state index in [4.69, 9.17) is 0 Å². The van der Waals surface area contributed by atoms with Crippen molar-refractivity contribution in [2.24, 2.45) is 0 Å². The Labute approximate surface area is 163 Å². The summed E-state index contributed by atoms with van der Waals surface area (Å²) in [7, 11) is 0. The molecule has 7 heteroatoms. The monoisotopic (exact) mass is 381 g/mol. The fraction of sp³-hybridized carbons (Fsp3) is 0.350. The second-order valence-corrected chi connectivity index (χ2v) is 7.65. The normalized spacial score (nSPS) is 10.7. The number of aryl methyl sites for hydroxylation is 4. The first-order valence-corrected chi connectivity index (χ1v) is 9.87. The Morgan fingerprint density at radius 3 is 2.63 bits per heavy atom. The molecule has 0 saturated carbocycles. The van der Waals surface area contributed by atoms with E-state index in [0.717, 1.165) is 53.2 Å². The predicted molar refractivity (Wildman–Crippen MR) is 107 cm³/mol. The van der Waals surface area contributed by atoms with Crippen molar-refractivity contribution in [2.45, 2.75) is 46.0 Å². The number of nitrogens with one attached hydrogen (secondary N) is 1. The maximum absolute atomic E-state index is 12.2. The van der Waals surface area contributed by atoms with E-state index >= 15 is 0 Å². The zero-order chi connectivity index (χ0) is 19.1. The lowest BCUT2D eigenvalue weighted by atomic mass is 10.1. The molecular weight excluding hydrogens is 358 g/mol. The summed E-state index contributed by atoms with van der Waals surface area (Å²) >= 11 is 1.44. The van der Waals surface area contributed by atoms with Crippen LogP contribution in [0.1, 0.15) is 40.4 Å².